The maximum atomic E-state index is 11.4. The zero-order valence-corrected chi connectivity index (χ0v) is 17.6. The first kappa shape index (κ1) is 20.2. The number of nitrogens with zero attached hydrogens (tertiary/aromatic N) is 6. The van der Waals surface area contributed by atoms with Gasteiger partial charge in [-0.2, -0.15) is 0 Å². The summed E-state index contributed by atoms with van der Waals surface area (Å²) in [6.07, 6.45) is 7.51. The van der Waals surface area contributed by atoms with Gasteiger partial charge < -0.3 is 4.42 Å². The summed E-state index contributed by atoms with van der Waals surface area (Å²) < 4.78 is 5.93. The third kappa shape index (κ3) is 4.08. The number of rotatable bonds is 5. The van der Waals surface area contributed by atoms with Crippen molar-refractivity contribution in [3.63, 3.8) is 0 Å². The molecule has 0 unspecified atom stereocenters. The minimum absolute atomic E-state index is 0.0814. The lowest BCUT2D eigenvalue weighted by Crippen LogP contribution is -2.30. The molecule has 4 heterocycles. The Morgan fingerprint density at radius 2 is 2.00 bits per heavy atom. The number of nitro groups is 1. The van der Waals surface area contributed by atoms with Gasteiger partial charge in [0.2, 0.25) is 0 Å². The monoisotopic (exact) mass is 448 g/mol. The van der Waals surface area contributed by atoms with Crippen LogP contribution in [0, 0.1) is 10.1 Å². The third-order valence-electron chi connectivity index (χ3n) is 5.29. The Kier molecular flexibility index (Phi) is 5.34. The Hall–Kier alpha value is -3.69. The zero-order valence-electron chi connectivity index (χ0n) is 16.8. The molecular formula is C22H17ClN6O3. The van der Waals surface area contributed by atoms with E-state index < -0.39 is 4.92 Å². The summed E-state index contributed by atoms with van der Waals surface area (Å²) in [6, 6.07) is 8.14. The van der Waals surface area contributed by atoms with E-state index in [-0.39, 0.29) is 5.69 Å². The molecule has 0 bridgehead atoms. The molecule has 1 aliphatic rings. The molecule has 0 saturated carbocycles. The lowest BCUT2D eigenvalue weighted by Gasteiger charge is -2.27. The maximum Gasteiger partial charge on any atom is 0.281 e. The smallest absolute Gasteiger partial charge is 0.281 e. The zero-order chi connectivity index (χ0) is 22.1. The summed E-state index contributed by atoms with van der Waals surface area (Å²) in [6.45, 7) is 2.08. The minimum Gasteiger partial charge on any atom is -0.459 e. The number of hydrogen-bond donors (Lipinski definition) is 0. The van der Waals surface area contributed by atoms with Gasteiger partial charge in [0.1, 0.15) is 17.8 Å². The van der Waals surface area contributed by atoms with E-state index in [4.69, 9.17) is 16.0 Å². The van der Waals surface area contributed by atoms with Crippen LogP contribution >= 0.6 is 11.6 Å². The third-order valence-corrected chi connectivity index (χ3v) is 5.53. The predicted molar refractivity (Wildman–Crippen MR) is 117 cm³/mol. The van der Waals surface area contributed by atoms with Crippen molar-refractivity contribution in [1.29, 1.82) is 0 Å². The highest BCUT2D eigenvalue weighted by Gasteiger charge is 2.22. The normalized spacial score (nSPS) is 13.7. The van der Waals surface area contributed by atoms with Gasteiger partial charge in [-0.3, -0.25) is 15.0 Å². The summed E-state index contributed by atoms with van der Waals surface area (Å²) >= 11 is 5.91. The second kappa shape index (κ2) is 8.45. The molecule has 0 radical (unpaired) electrons. The fraction of sp³-hybridized carbons (Fsp3) is 0.182. The van der Waals surface area contributed by atoms with Crippen LogP contribution in [0.15, 0.2) is 59.7 Å². The van der Waals surface area contributed by atoms with Crippen molar-refractivity contribution >= 4 is 17.3 Å². The van der Waals surface area contributed by atoms with Gasteiger partial charge in [0.05, 0.1) is 28.3 Å². The quantitative estimate of drug-likeness (QED) is 0.328. The Labute approximate surface area is 187 Å². The highest BCUT2D eigenvalue weighted by Crippen LogP contribution is 2.34. The van der Waals surface area contributed by atoms with Crippen LogP contribution in [0.1, 0.15) is 17.0 Å². The fourth-order valence-electron chi connectivity index (χ4n) is 3.76. The Morgan fingerprint density at radius 3 is 2.81 bits per heavy atom. The molecule has 9 nitrogen and oxygen atoms in total. The lowest BCUT2D eigenvalue weighted by molar-refractivity contribution is -0.384. The van der Waals surface area contributed by atoms with Crippen molar-refractivity contribution in [2.75, 3.05) is 6.54 Å². The molecule has 0 atom stereocenters. The van der Waals surface area contributed by atoms with Crippen LogP contribution in [0.5, 0.6) is 0 Å². The molecule has 0 spiro atoms. The minimum atomic E-state index is -0.458. The first-order chi connectivity index (χ1) is 15.6. The summed E-state index contributed by atoms with van der Waals surface area (Å²) in [5.41, 5.74) is 3.20. The van der Waals surface area contributed by atoms with Crippen molar-refractivity contribution in [3.8, 4) is 22.7 Å². The largest absolute Gasteiger partial charge is 0.459 e. The van der Waals surface area contributed by atoms with Gasteiger partial charge in [0.25, 0.3) is 5.69 Å². The van der Waals surface area contributed by atoms with E-state index in [1.54, 1.807) is 30.6 Å². The molecule has 1 aliphatic heterocycles. The molecule has 0 fully saturated rings. The molecule has 1 aromatic carbocycles. The van der Waals surface area contributed by atoms with Crippen LogP contribution in [-0.4, -0.2) is 36.3 Å². The molecule has 10 heteroatoms. The van der Waals surface area contributed by atoms with Gasteiger partial charge in [-0.05, 0) is 24.3 Å². The molecule has 32 heavy (non-hydrogen) atoms. The molecule has 4 aromatic rings. The van der Waals surface area contributed by atoms with Crippen LogP contribution in [0.3, 0.4) is 0 Å². The summed E-state index contributed by atoms with van der Waals surface area (Å²) in [5.74, 6) is 1.79. The highest BCUT2D eigenvalue weighted by atomic mass is 35.5. The molecule has 0 aliphatic carbocycles. The molecule has 3 aromatic heterocycles. The van der Waals surface area contributed by atoms with Crippen LogP contribution in [0.25, 0.3) is 22.7 Å². The summed E-state index contributed by atoms with van der Waals surface area (Å²) in [7, 11) is 0. The van der Waals surface area contributed by atoms with Gasteiger partial charge in [0, 0.05) is 54.8 Å². The fourth-order valence-corrected chi connectivity index (χ4v) is 3.92. The summed E-state index contributed by atoms with van der Waals surface area (Å²) in [5, 5.41) is 11.7. The van der Waals surface area contributed by atoms with E-state index in [1.807, 2.05) is 12.3 Å². The van der Waals surface area contributed by atoms with Crippen LogP contribution in [0.2, 0.25) is 5.02 Å². The van der Waals surface area contributed by atoms with Gasteiger partial charge in [-0.15, -0.1) is 0 Å². The molecule has 0 saturated heterocycles. The average molecular weight is 449 g/mol. The number of benzene rings is 1. The Balaban J connectivity index is 1.31. The van der Waals surface area contributed by atoms with Gasteiger partial charge in [0.15, 0.2) is 5.82 Å². The van der Waals surface area contributed by atoms with Gasteiger partial charge in [-0.1, -0.05) is 11.6 Å². The average Bonchev–Trinajstić information content (AvgIpc) is 3.27. The van der Waals surface area contributed by atoms with Crippen LogP contribution in [0.4, 0.5) is 5.69 Å². The molecule has 0 N–H and O–H groups in total. The Morgan fingerprint density at radius 1 is 1.16 bits per heavy atom. The van der Waals surface area contributed by atoms with Crippen molar-refractivity contribution < 1.29 is 9.34 Å². The van der Waals surface area contributed by atoms with E-state index >= 15 is 0 Å². The van der Waals surface area contributed by atoms with Crippen LogP contribution < -0.4 is 0 Å². The second-order valence-corrected chi connectivity index (χ2v) is 7.87. The van der Waals surface area contributed by atoms with E-state index in [0.29, 0.717) is 35.3 Å². The van der Waals surface area contributed by atoms with Crippen molar-refractivity contribution in [2.24, 2.45) is 0 Å². The molecular weight excluding hydrogens is 432 g/mol. The number of aromatic nitrogens is 4. The summed E-state index contributed by atoms with van der Waals surface area (Å²) in [4.78, 5) is 30.3. The van der Waals surface area contributed by atoms with Gasteiger partial charge in [-0.25, -0.2) is 19.9 Å². The Bertz CT molecular complexity index is 1290. The highest BCUT2D eigenvalue weighted by molar-refractivity contribution is 6.30. The predicted octanol–water partition coefficient (Wildman–Crippen LogP) is 4.31. The van der Waals surface area contributed by atoms with E-state index in [1.165, 1.54) is 12.4 Å². The molecule has 160 valence electrons. The molecule has 0 amide bonds. The lowest BCUT2D eigenvalue weighted by atomic mass is 10.1. The van der Waals surface area contributed by atoms with E-state index in [2.05, 4.69) is 24.8 Å². The standard InChI is InChI=1S/C22H17ClN6O3/c23-16-1-3-18(20(7-16)29(30)31)21-4-2-17(32-21)12-28-6-5-19-15(11-28)10-26-22(27-19)14-8-24-13-25-9-14/h1-4,7-10,13H,5-6,11-12H2. The number of nitro benzene ring substituents is 1. The SMILES string of the molecule is O=[N+]([O-])c1cc(Cl)ccc1-c1ccc(CN2CCc3nc(-c4cncnc4)ncc3C2)o1. The number of hydrogen-bond acceptors (Lipinski definition) is 8. The second-order valence-electron chi connectivity index (χ2n) is 7.44. The van der Waals surface area contributed by atoms with Crippen molar-refractivity contribution in [1.82, 2.24) is 24.8 Å². The number of halogens is 1. The van der Waals surface area contributed by atoms with Crippen molar-refractivity contribution in [2.45, 2.75) is 19.5 Å². The molecule has 5 rings (SSSR count). The van der Waals surface area contributed by atoms with Crippen molar-refractivity contribution in [3.05, 3.63) is 87.4 Å². The first-order valence-electron chi connectivity index (χ1n) is 9.92. The number of furan rings is 1. The maximum absolute atomic E-state index is 11.4. The first-order valence-corrected chi connectivity index (χ1v) is 10.3. The van der Waals surface area contributed by atoms with Crippen LogP contribution in [-0.2, 0) is 19.5 Å². The topological polar surface area (TPSA) is 111 Å². The van der Waals surface area contributed by atoms with E-state index in [0.717, 1.165) is 35.5 Å². The number of fused-ring (bicyclic) bond motifs is 1. The van der Waals surface area contributed by atoms with Gasteiger partial charge >= 0.3 is 0 Å². The van der Waals surface area contributed by atoms with E-state index in [9.17, 15) is 10.1 Å².